The number of aromatic carboxylic acids is 1. The molecular weight excluding hydrogens is 297 g/mol. The highest BCUT2D eigenvalue weighted by molar-refractivity contribution is 7.92. The van der Waals surface area contributed by atoms with E-state index in [2.05, 4.69) is 4.72 Å². The van der Waals surface area contributed by atoms with E-state index >= 15 is 0 Å². The van der Waals surface area contributed by atoms with Gasteiger partial charge in [0.05, 0.1) is 10.9 Å². The molecule has 0 aliphatic heterocycles. The molecule has 1 N–H and O–H groups in total. The Balaban J connectivity index is 2.30. The molecule has 0 aliphatic carbocycles. The molecule has 110 valence electrons. The molecule has 0 saturated carbocycles. The van der Waals surface area contributed by atoms with Crippen molar-refractivity contribution in [2.24, 2.45) is 0 Å². The Bertz CT molecular complexity index is 785. The minimum absolute atomic E-state index is 0.0483. The summed E-state index contributed by atoms with van der Waals surface area (Å²) >= 11 is 0. The fourth-order valence-electron chi connectivity index (χ4n) is 1.80. The second-order valence-corrected chi connectivity index (χ2v) is 6.03. The van der Waals surface area contributed by atoms with E-state index in [0.29, 0.717) is 0 Å². The molecular formula is C14H11FNO4S-. The second kappa shape index (κ2) is 5.53. The van der Waals surface area contributed by atoms with Crippen LogP contribution >= 0.6 is 0 Å². The Morgan fingerprint density at radius 1 is 1.14 bits per heavy atom. The van der Waals surface area contributed by atoms with Crippen LogP contribution in [0.1, 0.15) is 15.9 Å². The summed E-state index contributed by atoms with van der Waals surface area (Å²) < 4.78 is 39.7. The zero-order valence-electron chi connectivity index (χ0n) is 11.0. The van der Waals surface area contributed by atoms with Crippen LogP contribution in [0.4, 0.5) is 10.1 Å². The summed E-state index contributed by atoms with van der Waals surface area (Å²) in [6, 6.07) is 8.41. The van der Waals surface area contributed by atoms with Crippen LogP contribution in [-0.4, -0.2) is 14.4 Å². The number of hydrogen-bond acceptors (Lipinski definition) is 4. The van der Waals surface area contributed by atoms with E-state index in [1.54, 1.807) is 0 Å². The van der Waals surface area contributed by atoms with Gasteiger partial charge in [-0.3, -0.25) is 4.72 Å². The Morgan fingerprint density at radius 3 is 2.29 bits per heavy atom. The molecule has 0 bridgehead atoms. The lowest BCUT2D eigenvalue weighted by molar-refractivity contribution is -0.255. The van der Waals surface area contributed by atoms with Crippen LogP contribution in [0, 0.1) is 12.7 Å². The predicted octanol–water partition coefficient (Wildman–Crippen LogP) is 1.30. The largest absolute Gasteiger partial charge is 0.545 e. The number of benzene rings is 2. The number of hydrogen-bond donors (Lipinski definition) is 1. The lowest BCUT2D eigenvalue weighted by atomic mass is 10.2. The van der Waals surface area contributed by atoms with Gasteiger partial charge in [0.2, 0.25) is 0 Å². The van der Waals surface area contributed by atoms with Gasteiger partial charge in [-0.15, -0.1) is 0 Å². The van der Waals surface area contributed by atoms with Gasteiger partial charge in [-0.2, -0.15) is 0 Å². The highest BCUT2D eigenvalue weighted by Crippen LogP contribution is 2.20. The number of carbonyl (C=O) groups is 1. The zero-order valence-corrected chi connectivity index (χ0v) is 11.8. The zero-order chi connectivity index (χ0) is 15.6. The number of halogens is 1. The van der Waals surface area contributed by atoms with Gasteiger partial charge in [0, 0.05) is 5.69 Å². The summed E-state index contributed by atoms with van der Waals surface area (Å²) in [5, 5.41) is 10.6. The van der Waals surface area contributed by atoms with E-state index in [4.69, 9.17) is 0 Å². The third-order valence-electron chi connectivity index (χ3n) is 2.80. The molecule has 0 unspecified atom stereocenters. The number of rotatable bonds is 4. The first-order valence-electron chi connectivity index (χ1n) is 5.90. The van der Waals surface area contributed by atoms with Gasteiger partial charge in [-0.25, -0.2) is 12.8 Å². The molecule has 0 heterocycles. The van der Waals surface area contributed by atoms with Gasteiger partial charge < -0.3 is 9.90 Å². The summed E-state index contributed by atoms with van der Waals surface area (Å²) in [5.74, 6) is -1.87. The number of anilines is 1. The van der Waals surface area contributed by atoms with E-state index < -0.39 is 21.8 Å². The average molecular weight is 308 g/mol. The molecule has 0 aliphatic rings. The maximum Gasteiger partial charge on any atom is 0.262 e. The molecule has 0 saturated heterocycles. The van der Waals surface area contributed by atoms with Crippen LogP contribution in [0.25, 0.3) is 0 Å². The lowest BCUT2D eigenvalue weighted by Crippen LogP contribution is -2.22. The van der Waals surface area contributed by atoms with Crippen LogP contribution in [0.15, 0.2) is 47.4 Å². The highest BCUT2D eigenvalue weighted by atomic mass is 32.2. The molecule has 2 rings (SSSR count). The molecule has 0 radical (unpaired) electrons. The van der Waals surface area contributed by atoms with Crippen LogP contribution < -0.4 is 9.83 Å². The summed E-state index contributed by atoms with van der Waals surface area (Å²) in [7, 11) is -3.87. The van der Waals surface area contributed by atoms with Gasteiger partial charge in [0.1, 0.15) is 5.82 Å². The maximum atomic E-state index is 13.0. The van der Waals surface area contributed by atoms with Gasteiger partial charge in [-0.05, 0) is 48.4 Å². The highest BCUT2D eigenvalue weighted by Gasteiger charge is 2.17. The normalized spacial score (nSPS) is 11.1. The Morgan fingerprint density at radius 2 is 1.76 bits per heavy atom. The number of carbonyl (C=O) groups excluding carboxylic acids is 1. The molecule has 0 atom stereocenters. The molecule has 0 aromatic heterocycles. The summed E-state index contributed by atoms with van der Waals surface area (Å²) in [6.45, 7) is 1.48. The van der Waals surface area contributed by atoms with Crippen molar-refractivity contribution in [2.75, 3.05) is 4.72 Å². The van der Waals surface area contributed by atoms with E-state index in [-0.39, 0.29) is 21.7 Å². The second-order valence-electron chi connectivity index (χ2n) is 4.38. The van der Waals surface area contributed by atoms with E-state index in [1.807, 2.05) is 0 Å². The van der Waals surface area contributed by atoms with Crippen LogP contribution in [0.5, 0.6) is 0 Å². The van der Waals surface area contributed by atoms with Crippen molar-refractivity contribution >= 4 is 21.7 Å². The van der Waals surface area contributed by atoms with E-state index in [9.17, 15) is 22.7 Å². The van der Waals surface area contributed by atoms with Crippen molar-refractivity contribution < 1.29 is 22.7 Å². The van der Waals surface area contributed by atoms with Gasteiger partial charge in [-0.1, -0.05) is 12.1 Å². The number of carboxylic acids is 1. The minimum atomic E-state index is -3.87. The molecule has 2 aromatic carbocycles. The number of aryl methyl sites for hydroxylation is 1. The van der Waals surface area contributed by atoms with Crippen molar-refractivity contribution in [1.29, 1.82) is 0 Å². The van der Waals surface area contributed by atoms with Crippen molar-refractivity contribution in [3.05, 3.63) is 59.4 Å². The van der Waals surface area contributed by atoms with Crippen LogP contribution in [0.2, 0.25) is 0 Å². The van der Waals surface area contributed by atoms with E-state index in [1.165, 1.54) is 37.3 Å². The third kappa shape index (κ3) is 3.38. The van der Waals surface area contributed by atoms with Crippen molar-refractivity contribution in [1.82, 2.24) is 0 Å². The van der Waals surface area contributed by atoms with Crippen molar-refractivity contribution in [2.45, 2.75) is 11.8 Å². The first-order chi connectivity index (χ1) is 9.79. The Labute approximate surface area is 121 Å². The molecule has 21 heavy (non-hydrogen) atoms. The Kier molecular flexibility index (Phi) is 3.95. The third-order valence-corrected chi connectivity index (χ3v) is 4.34. The van der Waals surface area contributed by atoms with Crippen LogP contribution in [0.3, 0.4) is 0 Å². The molecule has 5 nitrogen and oxygen atoms in total. The van der Waals surface area contributed by atoms with Crippen molar-refractivity contribution in [3.63, 3.8) is 0 Å². The topological polar surface area (TPSA) is 86.3 Å². The lowest BCUT2D eigenvalue weighted by Gasteiger charge is -2.11. The van der Waals surface area contributed by atoms with Crippen molar-refractivity contribution in [3.8, 4) is 0 Å². The minimum Gasteiger partial charge on any atom is -0.545 e. The monoisotopic (exact) mass is 308 g/mol. The number of nitrogens with one attached hydrogen (secondary N) is 1. The van der Waals surface area contributed by atoms with Crippen LogP contribution in [-0.2, 0) is 10.0 Å². The fraction of sp³-hybridized carbons (Fsp3) is 0.0714. The molecule has 0 amide bonds. The summed E-state index contributed by atoms with van der Waals surface area (Å²) in [4.78, 5) is 10.6. The number of sulfonamides is 1. The number of carboxylic acid groups (broad SMARTS) is 1. The first kappa shape index (κ1) is 15.0. The summed E-state index contributed by atoms with van der Waals surface area (Å²) in [6.07, 6.45) is 0. The predicted molar refractivity (Wildman–Crippen MR) is 72.7 cm³/mol. The van der Waals surface area contributed by atoms with Gasteiger partial charge in [0.15, 0.2) is 0 Å². The average Bonchev–Trinajstić information content (AvgIpc) is 2.38. The standard InChI is InChI=1S/C14H12FNO4S/c1-9-8-11(15)4-7-13(9)21(19,20)16-12-5-2-10(3-6-12)14(17)18/h2-8,16H,1H3,(H,17,18)/p-1. The molecule has 0 fully saturated rings. The molecule has 7 heteroatoms. The molecule has 2 aromatic rings. The van der Waals surface area contributed by atoms with Gasteiger partial charge >= 0.3 is 0 Å². The van der Waals surface area contributed by atoms with E-state index in [0.717, 1.165) is 12.1 Å². The first-order valence-corrected chi connectivity index (χ1v) is 7.38. The quantitative estimate of drug-likeness (QED) is 0.922. The smallest absolute Gasteiger partial charge is 0.262 e. The fourth-order valence-corrected chi connectivity index (χ4v) is 3.09. The SMILES string of the molecule is Cc1cc(F)ccc1S(=O)(=O)Nc1ccc(C(=O)[O-])cc1. The maximum absolute atomic E-state index is 13.0. The summed E-state index contributed by atoms with van der Waals surface area (Å²) in [5.41, 5.74) is 0.411. The molecule has 0 spiro atoms. The van der Waals surface area contributed by atoms with Gasteiger partial charge in [0.25, 0.3) is 10.0 Å². The Hall–Kier alpha value is -2.41.